The van der Waals surface area contributed by atoms with E-state index in [4.69, 9.17) is 18.1 Å². The Labute approximate surface area is 97.2 Å². The highest BCUT2D eigenvalue weighted by Crippen LogP contribution is 2.17. The van der Waals surface area contributed by atoms with E-state index in [-0.39, 0.29) is 6.04 Å². The maximum Gasteiger partial charge on any atom is 0.181 e. The fourth-order valence-electron chi connectivity index (χ4n) is 1.10. The third-order valence-electron chi connectivity index (χ3n) is 1.83. The molecular formula is C9H12BrN3S. The van der Waals surface area contributed by atoms with Crippen LogP contribution in [0.2, 0.25) is 0 Å². The second-order valence-corrected chi connectivity index (χ2v) is 4.22. The lowest BCUT2D eigenvalue weighted by atomic mass is 10.1. The third kappa shape index (κ3) is 3.25. The van der Waals surface area contributed by atoms with Gasteiger partial charge in [-0.1, -0.05) is 28.1 Å². The summed E-state index contributed by atoms with van der Waals surface area (Å²) >= 11 is 8.32. The highest BCUT2D eigenvalue weighted by molar-refractivity contribution is 9.10. The predicted molar refractivity (Wildman–Crippen MR) is 65.6 cm³/mol. The topological polar surface area (TPSA) is 50.1 Å². The molecule has 0 aliphatic carbocycles. The van der Waals surface area contributed by atoms with Crippen LogP contribution >= 0.6 is 28.1 Å². The molecule has 0 radical (unpaired) electrons. The van der Waals surface area contributed by atoms with Crippen LogP contribution in [0.15, 0.2) is 28.7 Å². The van der Waals surface area contributed by atoms with Gasteiger partial charge < -0.3 is 10.7 Å². The molecule has 1 aromatic rings. The maximum atomic E-state index is 5.17. The van der Waals surface area contributed by atoms with Crippen molar-refractivity contribution in [2.45, 2.75) is 13.0 Å². The van der Waals surface area contributed by atoms with E-state index in [9.17, 15) is 0 Å². The standard InChI is InChI=1S/C9H12BrN3S/c1-6(12-9(14)13-11)7-3-2-4-8(10)5-7/h2-6H,11H2,1H3,(H2,12,13,14). The van der Waals surface area contributed by atoms with E-state index in [1.54, 1.807) is 0 Å². The molecule has 0 bridgehead atoms. The molecule has 0 saturated heterocycles. The second kappa shape index (κ2) is 5.29. The van der Waals surface area contributed by atoms with Crippen LogP contribution in [0.25, 0.3) is 0 Å². The first-order valence-electron chi connectivity index (χ1n) is 4.16. The second-order valence-electron chi connectivity index (χ2n) is 2.89. The van der Waals surface area contributed by atoms with Crippen molar-refractivity contribution in [3.63, 3.8) is 0 Å². The van der Waals surface area contributed by atoms with Gasteiger partial charge in [0.1, 0.15) is 0 Å². The first-order chi connectivity index (χ1) is 6.63. The summed E-state index contributed by atoms with van der Waals surface area (Å²) in [5.41, 5.74) is 3.54. The number of hydrogen-bond donors (Lipinski definition) is 3. The van der Waals surface area contributed by atoms with Crippen molar-refractivity contribution in [1.29, 1.82) is 0 Å². The Hall–Kier alpha value is -0.650. The average molecular weight is 274 g/mol. The average Bonchev–Trinajstić information content (AvgIpc) is 2.17. The Morgan fingerprint density at radius 3 is 2.86 bits per heavy atom. The van der Waals surface area contributed by atoms with Crippen LogP contribution in [0, 0.1) is 0 Å². The smallest absolute Gasteiger partial charge is 0.181 e. The molecule has 0 aromatic heterocycles. The number of hydrazine groups is 1. The van der Waals surface area contributed by atoms with Crippen molar-refractivity contribution in [2.24, 2.45) is 5.84 Å². The molecule has 4 N–H and O–H groups in total. The van der Waals surface area contributed by atoms with Crippen molar-refractivity contribution >= 4 is 33.3 Å². The van der Waals surface area contributed by atoms with Crippen LogP contribution in [0.1, 0.15) is 18.5 Å². The predicted octanol–water partition coefficient (Wildman–Crippen LogP) is 1.85. The molecule has 5 heteroatoms. The summed E-state index contributed by atoms with van der Waals surface area (Å²) in [7, 11) is 0. The zero-order valence-electron chi connectivity index (χ0n) is 7.75. The summed E-state index contributed by atoms with van der Waals surface area (Å²) < 4.78 is 1.05. The Balaban J connectivity index is 2.69. The molecule has 0 saturated carbocycles. The minimum atomic E-state index is 0.135. The number of halogens is 1. The number of nitrogens with one attached hydrogen (secondary N) is 2. The first kappa shape index (κ1) is 11.4. The van der Waals surface area contributed by atoms with Crippen molar-refractivity contribution in [3.05, 3.63) is 34.3 Å². The van der Waals surface area contributed by atoms with Gasteiger partial charge in [0.15, 0.2) is 5.11 Å². The molecule has 3 nitrogen and oxygen atoms in total. The fraction of sp³-hybridized carbons (Fsp3) is 0.222. The third-order valence-corrected chi connectivity index (χ3v) is 2.56. The summed E-state index contributed by atoms with van der Waals surface area (Å²) in [6, 6.07) is 8.17. The van der Waals surface area contributed by atoms with Gasteiger partial charge in [-0.2, -0.15) is 0 Å². The molecule has 1 aromatic carbocycles. The van der Waals surface area contributed by atoms with Crippen molar-refractivity contribution < 1.29 is 0 Å². The van der Waals surface area contributed by atoms with Gasteiger partial charge in [0.2, 0.25) is 0 Å². The lowest BCUT2D eigenvalue weighted by Gasteiger charge is -2.15. The molecular weight excluding hydrogens is 262 g/mol. The van der Waals surface area contributed by atoms with Gasteiger partial charge in [-0.05, 0) is 36.8 Å². The largest absolute Gasteiger partial charge is 0.355 e. The van der Waals surface area contributed by atoms with E-state index in [0.717, 1.165) is 10.0 Å². The summed E-state index contributed by atoms with van der Waals surface area (Å²) in [5.74, 6) is 5.17. The molecule has 0 spiro atoms. The Bertz CT molecular complexity index is 330. The zero-order chi connectivity index (χ0) is 10.6. The van der Waals surface area contributed by atoms with Gasteiger partial charge in [0.05, 0.1) is 6.04 Å². The minimum Gasteiger partial charge on any atom is -0.355 e. The van der Waals surface area contributed by atoms with E-state index in [1.165, 1.54) is 0 Å². The summed E-state index contributed by atoms with van der Waals surface area (Å²) in [6.07, 6.45) is 0. The normalized spacial score (nSPS) is 11.9. The Morgan fingerprint density at radius 2 is 2.29 bits per heavy atom. The fourth-order valence-corrected chi connectivity index (χ4v) is 1.69. The lowest BCUT2D eigenvalue weighted by Crippen LogP contribution is -2.40. The monoisotopic (exact) mass is 273 g/mol. The summed E-state index contributed by atoms with van der Waals surface area (Å²) in [4.78, 5) is 0. The van der Waals surface area contributed by atoms with E-state index in [1.807, 2.05) is 31.2 Å². The van der Waals surface area contributed by atoms with Crippen LogP contribution in [-0.2, 0) is 0 Å². The van der Waals surface area contributed by atoms with Gasteiger partial charge in [0.25, 0.3) is 0 Å². The molecule has 1 rings (SSSR count). The van der Waals surface area contributed by atoms with Crippen molar-refractivity contribution in [1.82, 2.24) is 10.7 Å². The molecule has 1 atom stereocenters. The highest BCUT2D eigenvalue weighted by atomic mass is 79.9. The lowest BCUT2D eigenvalue weighted by molar-refractivity contribution is 0.703. The molecule has 0 aliphatic heterocycles. The first-order valence-corrected chi connectivity index (χ1v) is 5.36. The number of rotatable bonds is 2. The summed E-state index contributed by atoms with van der Waals surface area (Å²) in [5, 5.41) is 3.49. The van der Waals surface area contributed by atoms with E-state index in [0.29, 0.717) is 5.11 Å². The van der Waals surface area contributed by atoms with Gasteiger partial charge in [-0.3, -0.25) is 0 Å². The van der Waals surface area contributed by atoms with Crippen LogP contribution in [0.3, 0.4) is 0 Å². The minimum absolute atomic E-state index is 0.135. The van der Waals surface area contributed by atoms with Crippen molar-refractivity contribution in [2.75, 3.05) is 0 Å². The van der Waals surface area contributed by atoms with Gasteiger partial charge in [-0.15, -0.1) is 0 Å². The van der Waals surface area contributed by atoms with Crippen LogP contribution < -0.4 is 16.6 Å². The van der Waals surface area contributed by atoms with Gasteiger partial charge >= 0.3 is 0 Å². The maximum absolute atomic E-state index is 5.17. The zero-order valence-corrected chi connectivity index (χ0v) is 10.2. The molecule has 0 amide bonds. The summed E-state index contributed by atoms with van der Waals surface area (Å²) in [6.45, 7) is 2.02. The van der Waals surface area contributed by atoms with Gasteiger partial charge in [-0.25, -0.2) is 5.84 Å². The SMILES string of the molecule is CC(NC(=S)NN)c1cccc(Br)c1. The molecule has 14 heavy (non-hydrogen) atoms. The molecule has 76 valence electrons. The Morgan fingerprint density at radius 1 is 1.57 bits per heavy atom. The van der Waals surface area contributed by atoms with Crippen LogP contribution in [0.5, 0.6) is 0 Å². The van der Waals surface area contributed by atoms with Crippen molar-refractivity contribution in [3.8, 4) is 0 Å². The quantitative estimate of drug-likeness (QED) is 0.437. The Kier molecular flexibility index (Phi) is 4.31. The van der Waals surface area contributed by atoms with E-state index >= 15 is 0 Å². The van der Waals surface area contributed by atoms with Crippen LogP contribution in [-0.4, -0.2) is 5.11 Å². The highest BCUT2D eigenvalue weighted by Gasteiger charge is 2.05. The van der Waals surface area contributed by atoms with E-state index in [2.05, 4.69) is 26.7 Å². The number of hydrogen-bond acceptors (Lipinski definition) is 2. The molecule has 0 heterocycles. The molecule has 1 unspecified atom stereocenters. The van der Waals surface area contributed by atoms with E-state index < -0.39 is 0 Å². The van der Waals surface area contributed by atoms with Crippen LogP contribution in [0.4, 0.5) is 0 Å². The number of benzene rings is 1. The van der Waals surface area contributed by atoms with Gasteiger partial charge in [0, 0.05) is 4.47 Å². The molecule has 0 aliphatic rings. The molecule has 0 fully saturated rings. The number of thiocarbonyl (C=S) groups is 1. The number of nitrogens with two attached hydrogens (primary N) is 1.